The van der Waals surface area contributed by atoms with E-state index < -0.39 is 0 Å². The van der Waals surface area contributed by atoms with Gasteiger partial charge in [-0.3, -0.25) is 0 Å². The van der Waals surface area contributed by atoms with E-state index in [0.717, 1.165) is 5.92 Å². The zero-order chi connectivity index (χ0) is 11.1. The fourth-order valence-corrected chi connectivity index (χ4v) is 3.90. The summed E-state index contributed by atoms with van der Waals surface area (Å²) in [6.45, 7) is 16.6. The van der Waals surface area contributed by atoms with E-state index >= 15 is 0 Å². The van der Waals surface area contributed by atoms with Crippen molar-refractivity contribution in [2.45, 2.75) is 61.3 Å². The summed E-state index contributed by atoms with van der Waals surface area (Å²) in [5.41, 5.74) is 4.08. The smallest absolute Gasteiger partial charge is 0.0134 e. The second-order valence-electron chi connectivity index (χ2n) is 6.80. The number of allylic oxidation sites excluding steroid dienone is 2. The van der Waals surface area contributed by atoms with Gasteiger partial charge in [0.15, 0.2) is 0 Å². The van der Waals surface area contributed by atoms with Gasteiger partial charge < -0.3 is 0 Å². The molecule has 0 spiro atoms. The molecule has 0 bridgehead atoms. The largest absolute Gasteiger partial charge is 0.0728 e. The molecule has 1 aliphatic carbocycles. The molecule has 1 unspecified atom stereocenters. The van der Waals surface area contributed by atoms with Crippen LogP contribution in [0.1, 0.15) is 61.3 Å². The van der Waals surface area contributed by atoms with Gasteiger partial charge in [0.2, 0.25) is 0 Å². The van der Waals surface area contributed by atoms with E-state index in [9.17, 15) is 0 Å². The van der Waals surface area contributed by atoms with Gasteiger partial charge in [-0.2, -0.15) is 0 Å². The van der Waals surface area contributed by atoms with Gasteiger partial charge in [0, 0.05) is 0 Å². The lowest BCUT2D eigenvalue weighted by Gasteiger charge is -2.44. The second kappa shape index (κ2) is 3.40. The van der Waals surface area contributed by atoms with Crippen molar-refractivity contribution >= 4 is 0 Å². The van der Waals surface area contributed by atoms with Crippen LogP contribution in [0.5, 0.6) is 0 Å². The molecule has 1 rings (SSSR count). The van der Waals surface area contributed by atoms with Gasteiger partial charge in [0.1, 0.15) is 0 Å². The molecular weight excluding hydrogens is 168 g/mol. The van der Waals surface area contributed by atoms with Crippen LogP contribution in [0.25, 0.3) is 0 Å². The van der Waals surface area contributed by atoms with E-state index in [1.54, 1.807) is 11.1 Å². The molecule has 14 heavy (non-hydrogen) atoms. The van der Waals surface area contributed by atoms with Crippen molar-refractivity contribution in [1.82, 2.24) is 0 Å². The molecule has 82 valence electrons. The van der Waals surface area contributed by atoms with E-state index in [-0.39, 0.29) is 0 Å². The molecule has 1 atom stereocenters. The van der Waals surface area contributed by atoms with Crippen LogP contribution in [0.4, 0.5) is 0 Å². The highest BCUT2D eigenvalue weighted by Crippen LogP contribution is 2.49. The molecule has 0 heteroatoms. The second-order valence-corrected chi connectivity index (χ2v) is 6.80. The Balaban J connectivity index is 3.16. The monoisotopic (exact) mass is 194 g/mol. The first-order valence-corrected chi connectivity index (χ1v) is 5.85. The molecule has 0 aromatic rings. The van der Waals surface area contributed by atoms with Crippen LogP contribution in [0.2, 0.25) is 0 Å². The molecule has 0 aromatic carbocycles. The maximum Gasteiger partial charge on any atom is -0.0134 e. The standard InChI is InChI=1S/C14H26/c1-10-8-11(2)12(13(3,4)5)14(6,7)9-10/h10H,8-9H2,1-7H3. The fraction of sp³-hybridized carbons (Fsp3) is 0.857. The third-order valence-electron chi connectivity index (χ3n) is 3.37. The van der Waals surface area contributed by atoms with Gasteiger partial charge >= 0.3 is 0 Å². The Bertz CT molecular complexity index is 248. The molecule has 0 aliphatic heterocycles. The van der Waals surface area contributed by atoms with Gasteiger partial charge in [-0.25, -0.2) is 0 Å². The summed E-state index contributed by atoms with van der Waals surface area (Å²) in [7, 11) is 0. The van der Waals surface area contributed by atoms with E-state index in [0.29, 0.717) is 10.8 Å². The number of rotatable bonds is 0. The number of hydrogen-bond donors (Lipinski definition) is 0. The summed E-state index contributed by atoms with van der Waals surface area (Å²) in [6.07, 6.45) is 2.65. The molecule has 0 amide bonds. The predicted octanol–water partition coefficient (Wildman–Crippen LogP) is 4.81. The van der Waals surface area contributed by atoms with Crippen LogP contribution < -0.4 is 0 Å². The highest BCUT2D eigenvalue weighted by atomic mass is 14.4. The van der Waals surface area contributed by atoms with E-state index in [1.807, 2.05) is 0 Å². The Morgan fingerprint density at radius 2 is 1.71 bits per heavy atom. The third-order valence-corrected chi connectivity index (χ3v) is 3.37. The summed E-state index contributed by atoms with van der Waals surface area (Å²) in [5, 5.41) is 0. The first kappa shape index (κ1) is 11.8. The predicted molar refractivity (Wildman–Crippen MR) is 64.3 cm³/mol. The quantitative estimate of drug-likeness (QED) is 0.486. The Hall–Kier alpha value is -0.260. The lowest BCUT2D eigenvalue weighted by molar-refractivity contribution is 0.244. The Labute approximate surface area is 89.8 Å². The van der Waals surface area contributed by atoms with Crippen LogP contribution in [0.3, 0.4) is 0 Å². The van der Waals surface area contributed by atoms with Crippen LogP contribution in [-0.2, 0) is 0 Å². The number of hydrogen-bond acceptors (Lipinski definition) is 0. The van der Waals surface area contributed by atoms with Crippen molar-refractivity contribution in [3.05, 3.63) is 11.1 Å². The van der Waals surface area contributed by atoms with Crippen molar-refractivity contribution in [2.24, 2.45) is 16.7 Å². The molecule has 1 aliphatic rings. The van der Waals surface area contributed by atoms with Crippen molar-refractivity contribution in [2.75, 3.05) is 0 Å². The van der Waals surface area contributed by atoms with Crippen molar-refractivity contribution in [1.29, 1.82) is 0 Å². The fourth-order valence-electron chi connectivity index (χ4n) is 3.90. The summed E-state index contributed by atoms with van der Waals surface area (Å²) >= 11 is 0. The van der Waals surface area contributed by atoms with Crippen LogP contribution in [0, 0.1) is 16.7 Å². The lowest BCUT2D eigenvalue weighted by Crippen LogP contribution is -2.31. The highest BCUT2D eigenvalue weighted by Gasteiger charge is 2.37. The highest BCUT2D eigenvalue weighted by molar-refractivity contribution is 5.28. The van der Waals surface area contributed by atoms with Crippen molar-refractivity contribution in [3.63, 3.8) is 0 Å². The summed E-state index contributed by atoms with van der Waals surface area (Å²) in [4.78, 5) is 0. The lowest BCUT2D eigenvalue weighted by atomic mass is 9.61. The van der Waals surface area contributed by atoms with Gasteiger partial charge in [-0.15, -0.1) is 0 Å². The summed E-state index contributed by atoms with van der Waals surface area (Å²) in [5.74, 6) is 0.857. The maximum atomic E-state index is 2.41. The van der Waals surface area contributed by atoms with Crippen molar-refractivity contribution in [3.8, 4) is 0 Å². The van der Waals surface area contributed by atoms with Crippen LogP contribution >= 0.6 is 0 Å². The molecule has 0 nitrogen and oxygen atoms in total. The normalized spacial score (nSPS) is 28.1. The van der Waals surface area contributed by atoms with E-state index in [1.165, 1.54) is 12.8 Å². The molecule has 0 aromatic heterocycles. The zero-order valence-corrected chi connectivity index (χ0v) is 11.0. The van der Waals surface area contributed by atoms with E-state index in [4.69, 9.17) is 0 Å². The topological polar surface area (TPSA) is 0 Å². The van der Waals surface area contributed by atoms with Crippen molar-refractivity contribution < 1.29 is 0 Å². The van der Waals surface area contributed by atoms with Crippen LogP contribution in [0.15, 0.2) is 11.1 Å². The maximum absolute atomic E-state index is 2.41. The first-order valence-electron chi connectivity index (χ1n) is 5.85. The molecule has 0 saturated carbocycles. The van der Waals surface area contributed by atoms with Crippen LogP contribution in [-0.4, -0.2) is 0 Å². The molecular formula is C14H26. The van der Waals surface area contributed by atoms with Gasteiger partial charge in [-0.05, 0) is 36.5 Å². The minimum atomic E-state index is 0.341. The molecule has 0 radical (unpaired) electrons. The minimum absolute atomic E-state index is 0.341. The third kappa shape index (κ3) is 2.21. The molecule has 0 saturated heterocycles. The SMILES string of the molecule is CC1=C(C(C)(C)C)C(C)(C)CC(C)C1. The zero-order valence-electron chi connectivity index (χ0n) is 11.0. The Morgan fingerprint density at radius 3 is 2.07 bits per heavy atom. The average Bonchev–Trinajstić information content (AvgIpc) is 1.75. The van der Waals surface area contributed by atoms with Gasteiger partial charge in [0.05, 0.1) is 0 Å². The Kier molecular flexibility index (Phi) is 2.87. The molecule has 0 fully saturated rings. The first-order chi connectivity index (χ1) is 6.14. The summed E-state index contributed by atoms with van der Waals surface area (Å²) in [6, 6.07) is 0. The van der Waals surface area contributed by atoms with E-state index in [2.05, 4.69) is 48.5 Å². The minimum Gasteiger partial charge on any atom is -0.0728 e. The molecule has 0 N–H and O–H groups in total. The molecule has 0 heterocycles. The summed E-state index contributed by atoms with van der Waals surface area (Å²) < 4.78 is 0. The average molecular weight is 194 g/mol. The van der Waals surface area contributed by atoms with Gasteiger partial charge in [0.25, 0.3) is 0 Å². The Morgan fingerprint density at radius 1 is 1.21 bits per heavy atom. The van der Waals surface area contributed by atoms with Gasteiger partial charge in [-0.1, -0.05) is 52.7 Å².